The molecule has 2 aromatic carbocycles. The lowest BCUT2D eigenvalue weighted by atomic mass is 10.1. The second kappa shape index (κ2) is 8.64. The maximum atomic E-state index is 13.3. The third kappa shape index (κ3) is 4.54. The predicted molar refractivity (Wildman–Crippen MR) is 120 cm³/mol. The van der Waals surface area contributed by atoms with Gasteiger partial charge in [-0.1, -0.05) is 24.6 Å². The molecule has 32 heavy (non-hydrogen) atoms. The number of ether oxygens (including phenoxy) is 1. The Kier molecular flexibility index (Phi) is 6.06. The van der Waals surface area contributed by atoms with E-state index in [1.165, 1.54) is 24.3 Å². The largest absolute Gasteiger partial charge is 0.488 e. The van der Waals surface area contributed by atoms with Gasteiger partial charge in [-0.25, -0.2) is 13.2 Å². The van der Waals surface area contributed by atoms with Gasteiger partial charge in [0.15, 0.2) is 0 Å². The number of aromatic carboxylic acids is 1. The maximum Gasteiger partial charge on any atom is 0.337 e. The van der Waals surface area contributed by atoms with Crippen molar-refractivity contribution in [3.8, 4) is 11.8 Å². The van der Waals surface area contributed by atoms with E-state index in [1.54, 1.807) is 6.07 Å². The molecule has 0 aromatic heterocycles. The van der Waals surface area contributed by atoms with Crippen LogP contribution < -0.4 is 9.46 Å². The highest BCUT2D eigenvalue weighted by molar-refractivity contribution is 7.92. The van der Waals surface area contributed by atoms with E-state index >= 15 is 0 Å². The molecule has 2 N–H and O–H groups in total. The number of carboxylic acids is 1. The minimum absolute atomic E-state index is 0.0539. The van der Waals surface area contributed by atoms with Crippen LogP contribution in [-0.4, -0.2) is 25.6 Å². The molecule has 4 rings (SSSR count). The van der Waals surface area contributed by atoms with Gasteiger partial charge in [0, 0.05) is 6.07 Å². The highest BCUT2D eigenvalue weighted by Crippen LogP contribution is 2.42. The molecular formula is C23H23ClN2O5S. The van der Waals surface area contributed by atoms with Gasteiger partial charge in [0.25, 0.3) is 10.0 Å². The molecule has 0 aliphatic heterocycles. The molecule has 2 aliphatic carbocycles. The summed E-state index contributed by atoms with van der Waals surface area (Å²) in [7, 11) is -4.29. The number of anilines is 1. The molecule has 2 aromatic rings. The Morgan fingerprint density at radius 2 is 1.97 bits per heavy atom. The summed E-state index contributed by atoms with van der Waals surface area (Å²) < 4.78 is 35.2. The first-order valence-electron chi connectivity index (χ1n) is 10.5. The molecule has 2 fully saturated rings. The van der Waals surface area contributed by atoms with Crippen molar-refractivity contribution in [2.45, 2.75) is 55.9 Å². The number of benzene rings is 2. The Morgan fingerprint density at radius 1 is 1.22 bits per heavy atom. The second-order valence-electron chi connectivity index (χ2n) is 8.45. The first-order valence-corrected chi connectivity index (χ1v) is 12.4. The fourth-order valence-corrected chi connectivity index (χ4v) is 5.57. The lowest BCUT2D eigenvalue weighted by molar-refractivity contribution is 0.0692. The van der Waals surface area contributed by atoms with E-state index in [2.05, 4.69) is 11.6 Å². The number of rotatable bonds is 7. The van der Waals surface area contributed by atoms with Crippen molar-refractivity contribution < 1.29 is 23.1 Å². The summed E-state index contributed by atoms with van der Waals surface area (Å²) in [6.45, 7) is 2.06. The van der Waals surface area contributed by atoms with Gasteiger partial charge in [0.2, 0.25) is 0 Å². The molecule has 7 nitrogen and oxygen atoms in total. The number of nitrogens with zero attached hydrogens (tertiary/aromatic N) is 1. The molecule has 168 valence electrons. The molecule has 0 heterocycles. The fraction of sp³-hybridized carbons (Fsp3) is 0.391. The number of hydrogen-bond donors (Lipinski definition) is 2. The van der Waals surface area contributed by atoms with Crippen molar-refractivity contribution in [3.05, 3.63) is 52.0 Å². The molecule has 0 saturated heterocycles. The fourth-order valence-electron chi connectivity index (χ4n) is 4.08. The highest BCUT2D eigenvalue weighted by Gasteiger charge is 2.30. The van der Waals surface area contributed by atoms with Crippen molar-refractivity contribution in [3.63, 3.8) is 0 Å². The van der Waals surface area contributed by atoms with Gasteiger partial charge in [0.1, 0.15) is 22.8 Å². The van der Waals surface area contributed by atoms with Crippen molar-refractivity contribution in [2.24, 2.45) is 5.92 Å². The Bertz CT molecular complexity index is 1220. The standard InChI is InChI=1S/C23H23ClN2O5S/c1-13-3-2-4-20(13)31-21-11-18(24)16(12-25)9-19(21)26-32(29,30)22-10-15(14-5-6-14)7-8-17(22)23(27)28/h7-11,13-14,20,26H,2-6H2,1H3,(H,27,28)/t13-,20+/m0/s1. The third-order valence-corrected chi connectivity index (χ3v) is 7.79. The molecule has 9 heteroatoms. The second-order valence-corrected chi connectivity index (χ2v) is 10.5. The molecule has 2 saturated carbocycles. The van der Waals surface area contributed by atoms with E-state index in [-0.39, 0.29) is 44.5 Å². The molecule has 2 atom stereocenters. The molecule has 0 amide bonds. The van der Waals surface area contributed by atoms with E-state index in [0.29, 0.717) is 5.92 Å². The Balaban J connectivity index is 1.75. The van der Waals surface area contributed by atoms with Crippen LogP contribution in [0.1, 0.15) is 66.4 Å². The summed E-state index contributed by atoms with van der Waals surface area (Å²) in [5.41, 5.74) is 0.614. The van der Waals surface area contributed by atoms with Gasteiger partial charge in [-0.15, -0.1) is 0 Å². The molecule has 0 radical (unpaired) electrons. The van der Waals surface area contributed by atoms with Gasteiger partial charge in [0.05, 0.1) is 21.8 Å². The van der Waals surface area contributed by atoms with Gasteiger partial charge in [-0.3, -0.25) is 4.72 Å². The summed E-state index contributed by atoms with van der Waals surface area (Å²) in [4.78, 5) is 11.4. The molecular weight excluding hydrogens is 452 g/mol. The van der Waals surface area contributed by atoms with Crippen molar-refractivity contribution in [1.82, 2.24) is 0 Å². The van der Waals surface area contributed by atoms with Crippen LogP contribution in [0.3, 0.4) is 0 Å². The van der Waals surface area contributed by atoms with E-state index in [9.17, 15) is 23.6 Å². The average Bonchev–Trinajstić information content (AvgIpc) is 3.52. The summed E-state index contributed by atoms with van der Waals surface area (Å²) in [6.07, 6.45) is 4.63. The van der Waals surface area contributed by atoms with Crippen LogP contribution in [0, 0.1) is 17.2 Å². The van der Waals surface area contributed by atoms with Crippen molar-refractivity contribution in [1.29, 1.82) is 5.26 Å². The maximum absolute atomic E-state index is 13.3. The SMILES string of the molecule is C[C@H]1CCC[C@H]1Oc1cc(Cl)c(C#N)cc1NS(=O)(=O)c1cc(C2CC2)ccc1C(=O)O. The first kappa shape index (κ1) is 22.4. The predicted octanol–water partition coefficient (Wildman–Crippen LogP) is 5.16. The quantitative estimate of drug-likeness (QED) is 0.572. The number of nitrogens with one attached hydrogen (secondary N) is 1. The summed E-state index contributed by atoms with van der Waals surface area (Å²) >= 11 is 6.18. The van der Waals surface area contributed by atoms with Crippen molar-refractivity contribution in [2.75, 3.05) is 4.72 Å². The lowest BCUT2D eigenvalue weighted by Gasteiger charge is -2.21. The zero-order chi connectivity index (χ0) is 23.0. The van der Waals surface area contributed by atoms with E-state index in [1.807, 2.05) is 6.07 Å². The zero-order valence-electron chi connectivity index (χ0n) is 17.5. The monoisotopic (exact) mass is 474 g/mol. The average molecular weight is 475 g/mol. The van der Waals surface area contributed by atoms with E-state index < -0.39 is 16.0 Å². The normalized spacial score (nSPS) is 20.5. The van der Waals surface area contributed by atoms with Crippen LogP contribution in [0.5, 0.6) is 5.75 Å². The smallest absolute Gasteiger partial charge is 0.337 e. The van der Waals surface area contributed by atoms with Gasteiger partial charge < -0.3 is 9.84 Å². The van der Waals surface area contributed by atoms with Gasteiger partial charge in [-0.2, -0.15) is 5.26 Å². The topological polar surface area (TPSA) is 116 Å². The van der Waals surface area contributed by atoms with Crippen LogP contribution in [0.4, 0.5) is 5.69 Å². The van der Waals surface area contributed by atoms with Gasteiger partial charge in [-0.05, 0) is 67.7 Å². The summed E-state index contributed by atoms with van der Waals surface area (Å²) in [5.74, 6) is -0.581. The Labute approximate surface area is 192 Å². The first-order chi connectivity index (χ1) is 15.2. The van der Waals surface area contributed by atoms with Crippen LogP contribution in [-0.2, 0) is 10.0 Å². The Hall–Kier alpha value is -2.76. The summed E-state index contributed by atoms with van der Waals surface area (Å²) in [6, 6.07) is 9.09. The molecule has 0 spiro atoms. The summed E-state index contributed by atoms with van der Waals surface area (Å²) in [5, 5.41) is 19.1. The third-order valence-electron chi connectivity index (χ3n) is 6.07. The number of carboxylic acid groups (broad SMARTS) is 1. The molecule has 0 unspecified atom stereocenters. The lowest BCUT2D eigenvalue weighted by Crippen LogP contribution is -2.21. The van der Waals surface area contributed by atoms with Gasteiger partial charge >= 0.3 is 5.97 Å². The number of hydrogen-bond acceptors (Lipinski definition) is 5. The van der Waals surface area contributed by atoms with Crippen LogP contribution in [0.25, 0.3) is 0 Å². The van der Waals surface area contributed by atoms with Crippen LogP contribution in [0.15, 0.2) is 35.2 Å². The zero-order valence-corrected chi connectivity index (χ0v) is 19.0. The minimum atomic E-state index is -4.29. The minimum Gasteiger partial charge on any atom is -0.488 e. The molecule has 2 aliphatic rings. The van der Waals surface area contributed by atoms with E-state index in [0.717, 1.165) is 37.7 Å². The van der Waals surface area contributed by atoms with Crippen LogP contribution in [0.2, 0.25) is 5.02 Å². The number of sulfonamides is 1. The molecule has 0 bridgehead atoms. The number of carbonyl (C=O) groups is 1. The van der Waals surface area contributed by atoms with E-state index in [4.69, 9.17) is 16.3 Å². The highest BCUT2D eigenvalue weighted by atomic mass is 35.5. The van der Waals surface area contributed by atoms with Crippen LogP contribution >= 0.6 is 11.6 Å². The Morgan fingerprint density at radius 3 is 2.56 bits per heavy atom. The number of nitriles is 1. The van der Waals surface area contributed by atoms with Crippen molar-refractivity contribution >= 4 is 33.3 Å². The number of halogens is 1.